The van der Waals surface area contributed by atoms with Crippen LogP contribution in [0.2, 0.25) is 15.5 Å². The molecule has 14 heavy (non-hydrogen) atoms. The summed E-state index contributed by atoms with van der Waals surface area (Å²) in [6, 6.07) is 0. The molecule has 0 aliphatic rings. The standard InChI is InChI=1S/C4H19B9O/c5-1(2(6,7)8,3(9,10)11)4(12,13)14/h14H,5-13H2. The summed E-state index contributed by atoms with van der Waals surface area (Å²) in [6.45, 7) is 0. The fourth-order valence-electron chi connectivity index (χ4n) is 2.96. The first-order valence-electron chi connectivity index (χ1n) is 5.47. The van der Waals surface area contributed by atoms with Gasteiger partial charge in [-0.25, -0.2) is 0 Å². The van der Waals surface area contributed by atoms with E-state index in [0.717, 1.165) is 0 Å². The van der Waals surface area contributed by atoms with Crippen LogP contribution in [0.15, 0.2) is 0 Å². The van der Waals surface area contributed by atoms with Crippen molar-refractivity contribution in [2.24, 2.45) is 0 Å². The molecule has 0 aliphatic carbocycles. The normalized spacial score (nSPS) is 15.2. The molecule has 1 nitrogen and oxygen atoms in total. The number of rotatable bonds is 3. The van der Waals surface area contributed by atoms with Gasteiger partial charge in [0.25, 0.3) is 0 Å². The van der Waals surface area contributed by atoms with E-state index in [2.05, 4.69) is 54.9 Å². The molecule has 68 valence electrons. The van der Waals surface area contributed by atoms with Gasteiger partial charge >= 0.3 is 0 Å². The highest BCUT2D eigenvalue weighted by atomic mass is 16.3. The third-order valence-corrected chi connectivity index (χ3v) is 4.22. The van der Waals surface area contributed by atoms with Gasteiger partial charge in [-0.2, -0.15) is 0 Å². The first kappa shape index (κ1) is 14.5. The lowest BCUT2D eigenvalue weighted by atomic mass is 9.10. The molecule has 0 saturated carbocycles. The predicted molar refractivity (Wildman–Crippen MR) is 89.9 cm³/mol. The molecule has 0 aromatic carbocycles. The van der Waals surface area contributed by atoms with E-state index >= 15 is 0 Å². The molecule has 0 bridgehead atoms. The summed E-state index contributed by atoms with van der Waals surface area (Å²) in [5.74, 6) is 0. The quantitative estimate of drug-likeness (QED) is 0.428. The van der Waals surface area contributed by atoms with E-state index in [9.17, 15) is 5.11 Å². The van der Waals surface area contributed by atoms with E-state index in [1.807, 2.05) is 15.7 Å². The van der Waals surface area contributed by atoms with Gasteiger partial charge in [0.1, 0.15) is 23.5 Å². The van der Waals surface area contributed by atoms with Crippen molar-refractivity contribution in [2.75, 3.05) is 0 Å². The average molecular weight is 181 g/mol. The predicted octanol–water partition coefficient (Wildman–Crippen LogP) is -8.36. The topological polar surface area (TPSA) is 20.2 Å². The summed E-state index contributed by atoms with van der Waals surface area (Å²) in [5.41, 5.74) is 0. The van der Waals surface area contributed by atoms with E-state index in [4.69, 9.17) is 0 Å². The molecule has 0 unspecified atom stereocenters. The minimum absolute atomic E-state index is 0.0729. The second-order valence-electron chi connectivity index (χ2n) is 7.18. The monoisotopic (exact) mass is 182 g/mol. The Morgan fingerprint density at radius 2 is 0.786 bits per heavy atom. The molecule has 0 amide bonds. The molecule has 0 atom stereocenters. The summed E-state index contributed by atoms with van der Waals surface area (Å²) >= 11 is 0. The Morgan fingerprint density at radius 1 is 0.571 bits per heavy atom. The zero-order valence-electron chi connectivity index (χ0n) is 11.4. The highest BCUT2D eigenvalue weighted by Crippen LogP contribution is 2.59. The van der Waals surface area contributed by atoms with Crippen LogP contribution < -0.4 is 0 Å². The summed E-state index contributed by atoms with van der Waals surface area (Å²) < 4.78 is 0. The Balaban J connectivity index is 5.54. The molecule has 0 fully saturated rings. The van der Waals surface area contributed by atoms with Gasteiger partial charge in [0.15, 0.2) is 0 Å². The number of hydrogen-bond acceptors (Lipinski definition) is 1. The number of aliphatic hydroxyl groups is 1. The molecular formula is C4H19B9O. The third kappa shape index (κ3) is 2.20. The zero-order chi connectivity index (χ0) is 12.0. The van der Waals surface area contributed by atoms with Crippen molar-refractivity contribution in [3.05, 3.63) is 0 Å². The van der Waals surface area contributed by atoms with Crippen molar-refractivity contribution in [2.45, 2.75) is 20.9 Å². The summed E-state index contributed by atoms with van der Waals surface area (Å²) in [4.78, 5) is 0. The van der Waals surface area contributed by atoms with Gasteiger partial charge in [0, 0.05) is 0 Å². The van der Waals surface area contributed by atoms with Crippen LogP contribution in [0.1, 0.15) is 0 Å². The molecule has 1 N–H and O–H groups in total. The first-order chi connectivity index (χ1) is 5.75. The fourth-order valence-corrected chi connectivity index (χ4v) is 2.96. The number of hydrogen-bond donors (Lipinski definition) is 1. The van der Waals surface area contributed by atoms with Crippen LogP contribution in [0.25, 0.3) is 0 Å². The van der Waals surface area contributed by atoms with Gasteiger partial charge < -0.3 is 5.11 Å². The van der Waals surface area contributed by atoms with Crippen molar-refractivity contribution in [1.29, 1.82) is 0 Å². The molecule has 0 aromatic rings. The summed E-state index contributed by atoms with van der Waals surface area (Å²) in [7, 11) is 19.3. The Morgan fingerprint density at radius 3 is 0.786 bits per heavy atom. The van der Waals surface area contributed by atoms with Crippen LogP contribution in [0.4, 0.5) is 0 Å². The molecule has 10 heteroatoms. The first-order valence-corrected chi connectivity index (χ1v) is 5.47. The molecule has 0 rings (SSSR count). The summed E-state index contributed by atoms with van der Waals surface area (Å²) in [6.07, 6.45) is 0. The maximum Gasteiger partial charge on any atom is 0.131 e. The van der Waals surface area contributed by atoms with Gasteiger partial charge in [-0.1, -0.05) is 5.31 Å². The SMILES string of the molecule is BC(B)(B)C(B)(C(B)(B)B)C(B)(B)O. The molecule has 0 heterocycles. The van der Waals surface area contributed by atoms with Gasteiger partial charge in [0.05, 0.1) is 47.1 Å². The highest BCUT2D eigenvalue weighted by Gasteiger charge is 2.53. The Hall–Kier alpha value is 0.544. The minimum atomic E-state index is -0.677. The van der Waals surface area contributed by atoms with Gasteiger partial charge in [-0.15, -0.1) is 10.2 Å². The lowest BCUT2D eigenvalue weighted by Crippen LogP contribution is -2.58. The average Bonchev–Trinajstić information content (AvgIpc) is 1.77. The second-order valence-corrected chi connectivity index (χ2v) is 7.18. The fraction of sp³-hybridized carbons (Fsp3) is 1.00. The minimum Gasteiger partial charge on any atom is -0.408 e. The van der Waals surface area contributed by atoms with Gasteiger partial charge in [-0.05, 0) is 5.40 Å². The van der Waals surface area contributed by atoms with Crippen molar-refractivity contribution >= 4 is 70.6 Å². The largest absolute Gasteiger partial charge is 0.408 e. The van der Waals surface area contributed by atoms with Gasteiger partial charge in [-0.3, -0.25) is 0 Å². The maximum absolute atomic E-state index is 10.4. The Labute approximate surface area is 97.0 Å². The van der Waals surface area contributed by atoms with E-state index in [1.165, 1.54) is 0 Å². The molecule has 0 saturated heterocycles. The lowest BCUT2D eigenvalue weighted by Gasteiger charge is -2.60. The molecule has 0 aliphatic heterocycles. The van der Waals surface area contributed by atoms with Crippen LogP contribution in [0, 0.1) is 0 Å². The Bertz CT molecular complexity index is 170. The molecule has 0 spiro atoms. The molecular weight excluding hydrogens is 161 g/mol. The van der Waals surface area contributed by atoms with Gasteiger partial charge in [0.2, 0.25) is 0 Å². The van der Waals surface area contributed by atoms with E-state index in [-0.39, 0.29) is 15.5 Å². The van der Waals surface area contributed by atoms with Crippen molar-refractivity contribution in [1.82, 2.24) is 0 Å². The third-order valence-electron chi connectivity index (χ3n) is 4.22. The Kier molecular flexibility index (Phi) is 3.68. The highest BCUT2D eigenvalue weighted by molar-refractivity contribution is 6.71. The van der Waals surface area contributed by atoms with E-state index in [1.54, 1.807) is 0 Å². The van der Waals surface area contributed by atoms with Crippen LogP contribution >= 0.6 is 0 Å². The van der Waals surface area contributed by atoms with Crippen molar-refractivity contribution in [3.63, 3.8) is 0 Å². The zero-order valence-corrected chi connectivity index (χ0v) is 11.4. The molecule has 0 aromatic heterocycles. The van der Waals surface area contributed by atoms with Crippen LogP contribution in [-0.2, 0) is 0 Å². The van der Waals surface area contributed by atoms with Crippen LogP contribution in [0.3, 0.4) is 0 Å². The van der Waals surface area contributed by atoms with Crippen molar-refractivity contribution < 1.29 is 5.11 Å². The second kappa shape index (κ2) is 3.54. The lowest BCUT2D eigenvalue weighted by molar-refractivity contribution is 0.153. The maximum atomic E-state index is 10.4. The smallest absolute Gasteiger partial charge is 0.131 e. The van der Waals surface area contributed by atoms with Crippen LogP contribution in [0.5, 0.6) is 0 Å². The van der Waals surface area contributed by atoms with Crippen LogP contribution in [-0.4, -0.2) is 81.1 Å². The van der Waals surface area contributed by atoms with Crippen molar-refractivity contribution in [3.8, 4) is 0 Å². The van der Waals surface area contributed by atoms with E-state index < -0.39 is 5.40 Å². The summed E-state index contributed by atoms with van der Waals surface area (Å²) in [5, 5.41) is 9.74. The molecule has 0 radical (unpaired) electrons. The van der Waals surface area contributed by atoms with E-state index in [0.29, 0.717) is 0 Å².